The van der Waals surface area contributed by atoms with Gasteiger partial charge in [0.2, 0.25) is 0 Å². The van der Waals surface area contributed by atoms with E-state index in [0.717, 1.165) is 163 Å². The van der Waals surface area contributed by atoms with Crippen LogP contribution >= 0.6 is 11.6 Å². The molecular weight excluding hydrogens is 1210 g/mol. The van der Waals surface area contributed by atoms with Gasteiger partial charge in [0.1, 0.15) is 45.4 Å². The van der Waals surface area contributed by atoms with E-state index in [2.05, 4.69) is 294 Å². The van der Waals surface area contributed by atoms with Gasteiger partial charge >= 0.3 is 0 Å². The molecule has 0 saturated carbocycles. The zero-order valence-corrected chi connectivity index (χ0v) is 53.8. The van der Waals surface area contributed by atoms with Crippen LogP contribution in [-0.4, -0.2) is 0 Å². The summed E-state index contributed by atoms with van der Waals surface area (Å²) in [4.78, 5) is 9.23. The molecule has 0 unspecified atom stereocenters. The monoisotopic (exact) mass is 1270 g/mol. The molecule has 17 rings (SSSR count). The second-order valence-corrected chi connectivity index (χ2v) is 24.7. The molecule has 17 aromatic rings. The molecule has 13 aromatic carbocycles. The van der Waals surface area contributed by atoms with E-state index in [0.29, 0.717) is 10.7 Å². The van der Waals surface area contributed by atoms with Crippen LogP contribution in [0.15, 0.2) is 351 Å². The van der Waals surface area contributed by atoms with E-state index in [1.165, 1.54) is 0 Å². The van der Waals surface area contributed by atoms with Crippen molar-refractivity contribution in [3.05, 3.63) is 350 Å². The van der Waals surface area contributed by atoms with Crippen LogP contribution in [0.5, 0.6) is 0 Å². The normalized spacial score (nSPS) is 11.5. The van der Waals surface area contributed by atoms with Crippen LogP contribution < -0.4 is 19.6 Å². The highest BCUT2D eigenvalue weighted by Crippen LogP contribution is 2.54. The van der Waals surface area contributed by atoms with Gasteiger partial charge in [0.15, 0.2) is 0 Å². The van der Waals surface area contributed by atoms with Crippen molar-refractivity contribution in [2.24, 2.45) is 0 Å². The second kappa shape index (κ2) is 24.8. The first-order valence-corrected chi connectivity index (χ1v) is 32.8. The smallest absolute Gasteiger partial charge is 0.135 e. The van der Waals surface area contributed by atoms with Crippen molar-refractivity contribution in [3.63, 3.8) is 0 Å². The predicted octanol–water partition coefficient (Wildman–Crippen LogP) is 26.5. The number of nitrogens with zero attached hydrogens (tertiary/aromatic N) is 4. The second-order valence-electron chi connectivity index (χ2n) is 24.4. The van der Waals surface area contributed by atoms with Crippen LogP contribution in [0.2, 0.25) is 5.02 Å². The van der Waals surface area contributed by atoms with Crippen molar-refractivity contribution in [3.8, 4) is 45.3 Å². The molecule has 4 heterocycles. The summed E-state index contributed by atoms with van der Waals surface area (Å²) in [5.41, 5.74) is 19.8. The molecule has 0 fully saturated rings. The van der Waals surface area contributed by atoms with Gasteiger partial charge in [0.25, 0.3) is 0 Å². The topological polar surface area (TPSA) is 65.5 Å². The van der Waals surface area contributed by atoms with Crippen molar-refractivity contribution >= 4 is 124 Å². The van der Waals surface area contributed by atoms with Gasteiger partial charge in [-0.25, -0.2) is 0 Å². The molecule has 0 aliphatic heterocycles. The molecule has 0 atom stereocenters. The third-order valence-corrected chi connectivity index (χ3v) is 18.5. The minimum atomic E-state index is 0.495. The van der Waals surface area contributed by atoms with Gasteiger partial charge in [-0.3, -0.25) is 0 Å². The van der Waals surface area contributed by atoms with Gasteiger partial charge in [-0.1, -0.05) is 169 Å². The summed E-state index contributed by atoms with van der Waals surface area (Å²) >= 11 is 8.63. The number of para-hydroxylation sites is 7. The SMILES string of the molecule is Cc1cccc(C)c1N(c1cccc(N(c2ccccc2)c2ccc(-c3cc4ccccc4o3)cc2)c1)c1cc(N(c2ccccc2)c2ccc(-c3cc4ccccc4o3)cc2)cc(N(c2cccc(-c3cc4ccccc4o3)c2)c2cccc(-c3cc4ccccc4o3)c2)c1Cl. The highest BCUT2D eigenvalue weighted by atomic mass is 35.5. The van der Waals surface area contributed by atoms with Crippen molar-refractivity contribution in [2.75, 3.05) is 19.6 Å². The molecule has 0 N–H and O–H groups in total. The van der Waals surface area contributed by atoms with Gasteiger partial charge in [-0.2, -0.15) is 0 Å². The number of rotatable bonds is 16. The number of aryl methyl sites for hydroxylation is 2. The number of anilines is 12. The standard InChI is InChI=1S/C88H61ClN4O4/c1-58-21-17-22-59(2)88(58)93(75-36-20-35-74(55-75)90(68-29-5-3-6-30-68)70-45-41-60(42-46-70)83-51-64-23-9-13-37-79(64)94-83)78-57-76(91(69-31-7-4-8-32-69)71-47-43-61(44-48-71)84-52-65-24-10-14-38-80(65)95-84)56-77(87(78)89)92(72-33-18-27-62(49-72)85-53-66-25-11-15-39-81(66)96-85)73-34-19-28-63(50-73)86-54-67-26-12-16-40-82(67)97-86/h3-57H,1-2H3. The van der Waals surface area contributed by atoms with E-state index in [1.807, 2.05) is 72.8 Å². The van der Waals surface area contributed by atoms with Gasteiger partial charge in [0.05, 0.1) is 27.8 Å². The Bertz CT molecular complexity index is 5460. The molecule has 0 saturated heterocycles. The van der Waals surface area contributed by atoms with Crippen molar-refractivity contribution in [1.29, 1.82) is 0 Å². The number of fused-ring (bicyclic) bond motifs is 4. The highest BCUT2D eigenvalue weighted by Gasteiger charge is 2.29. The first kappa shape index (κ1) is 58.3. The molecule has 464 valence electrons. The molecule has 9 heteroatoms. The first-order chi connectivity index (χ1) is 47.8. The van der Waals surface area contributed by atoms with Crippen LogP contribution in [0.4, 0.5) is 68.2 Å². The Labute approximate surface area is 566 Å². The third kappa shape index (κ3) is 11.1. The van der Waals surface area contributed by atoms with Crippen LogP contribution in [-0.2, 0) is 0 Å². The van der Waals surface area contributed by atoms with Gasteiger partial charge in [-0.15, -0.1) is 0 Å². The predicted molar refractivity (Wildman–Crippen MR) is 400 cm³/mol. The van der Waals surface area contributed by atoms with E-state index in [9.17, 15) is 0 Å². The Morgan fingerprint density at radius 2 is 0.536 bits per heavy atom. The molecule has 97 heavy (non-hydrogen) atoms. The van der Waals surface area contributed by atoms with E-state index < -0.39 is 0 Å². The van der Waals surface area contributed by atoms with Crippen molar-refractivity contribution < 1.29 is 17.7 Å². The molecule has 0 spiro atoms. The average Bonchev–Trinajstić information content (AvgIpc) is 1.61. The summed E-state index contributed by atoms with van der Waals surface area (Å²) in [6.07, 6.45) is 0. The summed E-state index contributed by atoms with van der Waals surface area (Å²) in [5.74, 6) is 3.09. The lowest BCUT2D eigenvalue weighted by Gasteiger charge is -2.35. The van der Waals surface area contributed by atoms with Crippen LogP contribution in [0.25, 0.3) is 89.2 Å². The van der Waals surface area contributed by atoms with Crippen LogP contribution in [0.1, 0.15) is 11.1 Å². The number of furan rings is 4. The molecule has 0 bridgehead atoms. The van der Waals surface area contributed by atoms with Crippen molar-refractivity contribution in [1.82, 2.24) is 0 Å². The molecule has 0 aliphatic carbocycles. The minimum absolute atomic E-state index is 0.495. The molecular formula is C88H61ClN4O4. The van der Waals surface area contributed by atoms with Crippen molar-refractivity contribution in [2.45, 2.75) is 13.8 Å². The molecule has 0 amide bonds. The molecule has 4 aromatic heterocycles. The fourth-order valence-electron chi connectivity index (χ4n) is 13.5. The van der Waals surface area contributed by atoms with Gasteiger partial charge < -0.3 is 37.3 Å². The number of hydrogen-bond acceptors (Lipinski definition) is 8. The number of halogens is 1. The summed E-state index contributed by atoms with van der Waals surface area (Å²) in [6, 6.07) is 116. The fourth-order valence-corrected chi connectivity index (χ4v) is 13.7. The first-order valence-electron chi connectivity index (χ1n) is 32.5. The Kier molecular flexibility index (Phi) is 14.9. The van der Waals surface area contributed by atoms with E-state index in [1.54, 1.807) is 0 Å². The lowest BCUT2D eigenvalue weighted by atomic mass is 10.0. The maximum atomic E-state index is 8.63. The Balaban J connectivity index is 0.903. The lowest BCUT2D eigenvalue weighted by Crippen LogP contribution is -2.18. The lowest BCUT2D eigenvalue weighted by molar-refractivity contribution is 0.631. The highest BCUT2D eigenvalue weighted by molar-refractivity contribution is 6.37. The fraction of sp³-hybridized carbons (Fsp3) is 0.0227. The Hall–Kier alpha value is -12.5. The summed E-state index contributed by atoms with van der Waals surface area (Å²) in [6.45, 7) is 4.36. The molecule has 0 aliphatic rings. The molecule has 8 nitrogen and oxygen atoms in total. The Morgan fingerprint density at radius 1 is 0.227 bits per heavy atom. The van der Waals surface area contributed by atoms with E-state index in [-0.39, 0.29) is 0 Å². The van der Waals surface area contributed by atoms with Crippen LogP contribution in [0.3, 0.4) is 0 Å². The maximum absolute atomic E-state index is 8.63. The molecule has 0 radical (unpaired) electrons. The summed E-state index contributed by atoms with van der Waals surface area (Å²) in [7, 11) is 0. The number of hydrogen-bond donors (Lipinski definition) is 0. The van der Waals surface area contributed by atoms with E-state index in [4.69, 9.17) is 29.3 Å². The summed E-state index contributed by atoms with van der Waals surface area (Å²) < 4.78 is 26.1. The summed E-state index contributed by atoms with van der Waals surface area (Å²) in [5, 5.41) is 4.64. The van der Waals surface area contributed by atoms with Gasteiger partial charge in [-0.05, 0) is 201 Å². The van der Waals surface area contributed by atoms with Crippen LogP contribution in [0, 0.1) is 13.8 Å². The quantitative estimate of drug-likeness (QED) is 0.0948. The third-order valence-electron chi connectivity index (χ3n) is 18.1. The maximum Gasteiger partial charge on any atom is 0.135 e. The zero-order valence-electron chi connectivity index (χ0n) is 53.1. The Morgan fingerprint density at radius 3 is 0.948 bits per heavy atom. The van der Waals surface area contributed by atoms with E-state index >= 15 is 0 Å². The largest absolute Gasteiger partial charge is 0.456 e. The zero-order chi connectivity index (χ0) is 64.9. The average molecular weight is 1270 g/mol. The van der Waals surface area contributed by atoms with Gasteiger partial charge in [0, 0.05) is 89.3 Å². The number of benzene rings is 13. The minimum Gasteiger partial charge on any atom is -0.456 e.